The molecule has 1 amide bonds. The van der Waals surface area contributed by atoms with E-state index in [2.05, 4.69) is 10.0 Å². The fourth-order valence-corrected chi connectivity index (χ4v) is 4.56. The van der Waals surface area contributed by atoms with Gasteiger partial charge in [-0.1, -0.05) is 13.0 Å². The maximum Gasteiger partial charge on any atom is 0.419 e. The maximum absolute atomic E-state index is 12.4. The smallest absolute Gasteiger partial charge is 0.407 e. The third kappa shape index (κ3) is 5.77. The highest BCUT2D eigenvalue weighted by Crippen LogP contribution is 2.25. The van der Waals surface area contributed by atoms with Crippen LogP contribution in [-0.4, -0.2) is 29.6 Å². The fourth-order valence-electron chi connectivity index (χ4n) is 3.36. The molecule has 1 heterocycles. The molecule has 0 unspecified atom stereocenters. The van der Waals surface area contributed by atoms with Crippen molar-refractivity contribution in [3.8, 4) is 0 Å². The number of hydrogen-bond donors (Lipinski definition) is 2. The number of oxazole rings is 1. The highest BCUT2D eigenvalue weighted by atomic mass is 32.2. The molecule has 0 saturated carbocycles. The summed E-state index contributed by atoms with van der Waals surface area (Å²) >= 11 is 0. The third-order valence-corrected chi connectivity index (χ3v) is 6.47. The van der Waals surface area contributed by atoms with E-state index in [1.165, 1.54) is 22.8 Å². The summed E-state index contributed by atoms with van der Waals surface area (Å²) in [6.07, 6.45) is 0.896. The Hall–Kier alpha value is -3.67. The van der Waals surface area contributed by atoms with E-state index in [1.54, 1.807) is 32.0 Å². The van der Waals surface area contributed by atoms with Crippen molar-refractivity contribution in [1.82, 2.24) is 4.57 Å². The number of fused-ring (bicyclic) bond motifs is 1. The van der Waals surface area contributed by atoms with Crippen LogP contribution < -0.4 is 15.8 Å². The van der Waals surface area contributed by atoms with Gasteiger partial charge in [0.2, 0.25) is 15.9 Å². The Morgan fingerprint density at radius 3 is 2.64 bits per heavy atom. The lowest BCUT2D eigenvalue weighted by molar-refractivity contribution is -0.384. The minimum Gasteiger partial charge on any atom is -0.407 e. The molecule has 176 valence electrons. The van der Waals surface area contributed by atoms with Crippen molar-refractivity contribution in [3.63, 3.8) is 0 Å². The van der Waals surface area contributed by atoms with Gasteiger partial charge >= 0.3 is 5.76 Å². The number of non-ortho nitro benzene ring substituents is 1. The van der Waals surface area contributed by atoms with Crippen molar-refractivity contribution in [2.24, 2.45) is 0 Å². The maximum atomic E-state index is 12.4. The number of nitrogens with zero attached hydrogens (tertiary/aromatic N) is 2. The van der Waals surface area contributed by atoms with Crippen LogP contribution in [0.5, 0.6) is 0 Å². The largest absolute Gasteiger partial charge is 0.419 e. The summed E-state index contributed by atoms with van der Waals surface area (Å²) in [6, 6.07) is 8.84. The predicted octanol–water partition coefficient (Wildman–Crippen LogP) is 3.38. The molecule has 2 N–H and O–H groups in total. The summed E-state index contributed by atoms with van der Waals surface area (Å²) < 4.78 is 33.0. The van der Waals surface area contributed by atoms with Crippen LogP contribution in [0.25, 0.3) is 11.1 Å². The monoisotopic (exact) mass is 476 g/mol. The first-order valence-electron chi connectivity index (χ1n) is 10.3. The highest BCUT2D eigenvalue weighted by molar-refractivity contribution is 7.92. The zero-order chi connectivity index (χ0) is 24.2. The first-order chi connectivity index (χ1) is 15.6. The number of sulfonamides is 1. The van der Waals surface area contributed by atoms with Gasteiger partial charge in [-0.05, 0) is 43.5 Å². The number of aryl methyl sites for hydroxylation is 1. The number of carbonyl (C=O) groups excluding carboxylic acids is 1. The second kappa shape index (κ2) is 9.86. The molecule has 0 radical (unpaired) electrons. The molecule has 3 rings (SSSR count). The van der Waals surface area contributed by atoms with Crippen molar-refractivity contribution in [1.29, 1.82) is 0 Å². The average Bonchev–Trinajstić information content (AvgIpc) is 3.05. The highest BCUT2D eigenvalue weighted by Gasteiger charge is 2.16. The van der Waals surface area contributed by atoms with Gasteiger partial charge < -0.3 is 9.73 Å². The van der Waals surface area contributed by atoms with E-state index in [0.29, 0.717) is 35.3 Å². The molecule has 0 saturated heterocycles. The molecule has 0 aliphatic rings. The molecule has 3 aromatic rings. The Morgan fingerprint density at radius 2 is 1.94 bits per heavy atom. The van der Waals surface area contributed by atoms with Gasteiger partial charge in [0.1, 0.15) is 0 Å². The van der Waals surface area contributed by atoms with Crippen LogP contribution in [0.2, 0.25) is 0 Å². The molecular weight excluding hydrogens is 452 g/mol. The number of nitro benzene ring substituents is 1. The first kappa shape index (κ1) is 24.0. The summed E-state index contributed by atoms with van der Waals surface area (Å²) in [6.45, 7) is 3.66. The van der Waals surface area contributed by atoms with Crippen LogP contribution in [0.4, 0.5) is 17.1 Å². The molecule has 0 fully saturated rings. The SMILES string of the molecule is CCCS(=O)(=O)Nc1cccc(NC(=O)CCCn2c(=O)oc3cc([N+](=O)[O-])ccc32)c1C. The van der Waals surface area contributed by atoms with E-state index < -0.39 is 20.7 Å². The number of hydrogen-bond acceptors (Lipinski definition) is 7. The van der Waals surface area contributed by atoms with Crippen LogP contribution in [0, 0.1) is 17.0 Å². The molecule has 0 aliphatic heterocycles. The number of rotatable bonds is 10. The van der Waals surface area contributed by atoms with Gasteiger partial charge in [-0.3, -0.25) is 24.2 Å². The van der Waals surface area contributed by atoms with Crippen LogP contribution in [0.3, 0.4) is 0 Å². The summed E-state index contributed by atoms with van der Waals surface area (Å²) in [7, 11) is -3.46. The van der Waals surface area contributed by atoms with Gasteiger partial charge in [0.05, 0.1) is 27.9 Å². The standard InChI is InChI=1S/C21H24N4O7S/c1-3-12-33(30,31)23-17-7-4-6-16(14(17)2)22-20(26)8-5-11-24-18-10-9-15(25(28)29)13-19(18)32-21(24)27/h4,6-7,9-10,13,23H,3,5,8,11-12H2,1-2H3,(H,22,26). The molecule has 12 heteroatoms. The van der Waals surface area contributed by atoms with Crippen molar-refractivity contribution in [2.75, 3.05) is 15.8 Å². The van der Waals surface area contributed by atoms with E-state index in [0.717, 1.165) is 0 Å². The minimum absolute atomic E-state index is 0.00155. The molecule has 0 atom stereocenters. The Balaban J connectivity index is 1.64. The zero-order valence-corrected chi connectivity index (χ0v) is 19.0. The average molecular weight is 477 g/mol. The van der Waals surface area contributed by atoms with Gasteiger partial charge in [0, 0.05) is 24.7 Å². The molecule has 0 bridgehead atoms. The number of nitrogens with one attached hydrogen (secondary N) is 2. The summed E-state index contributed by atoms with van der Waals surface area (Å²) in [5.41, 5.74) is 1.80. The summed E-state index contributed by atoms with van der Waals surface area (Å²) in [4.78, 5) is 34.8. The van der Waals surface area contributed by atoms with Crippen LogP contribution in [0.15, 0.2) is 45.6 Å². The Morgan fingerprint density at radius 1 is 1.21 bits per heavy atom. The molecular formula is C21H24N4O7S. The number of nitro groups is 1. The Kier molecular flexibility index (Phi) is 7.16. The lowest BCUT2D eigenvalue weighted by Crippen LogP contribution is -2.19. The molecule has 33 heavy (non-hydrogen) atoms. The van der Waals surface area contributed by atoms with Gasteiger partial charge in [-0.2, -0.15) is 0 Å². The normalized spacial score (nSPS) is 11.5. The molecule has 0 spiro atoms. The Bertz CT molecular complexity index is 1360. The predicted molar refractivity (Wildman–Crippen MR) is 124 cm³/mol. The summed E-state index contributed by atoms with van der Waals surface area (Å²) in [5, 5.41) is 13.6. The van der Waals surface area contributed by atoms with Gasteiger partial charge in [-0.15, -0.1) is 0 Å². The molecule has 0 aliphatic carbocycles. The van der Waals surface area contributed by atoms with E-state index in [1.807, 2.05) is 0 Å². The minimum atomic E-state index is -3.46. The number of anilines is 2. The van der Waals surface area contributed by atoms with Crippen molar-refractivity contribution in [3.05, 3.63) is 62.6 Å². The lowest BCUT2D eigenvalue weighted by atomic mass is 10.1. The fraction of sp³-hybridized carbons (Fsp3) is 0.333. The number of carbonyl (C=O) groups is 1. The van der Waals surface area contributed by atoms with E-state index in [4.69, 9.17) is 4.42 Å². The zero-order valence-electron chi connectivity index (χ0n) is 18.2. The topological polar surface area (TPSA) is 154 Å². The molecule has 2 aromatic carbocycles. The quantitative estimate of drug-likeness (QED) is 0.336. The molecule has 11 nitrogen and oxygen atoms in total. The van der Waals surface area contributed by atoms with E-state index in [9.17, 15) is 28.1 Å². The lowest BCUT2D eigenvalue weighted by Gasteiger charge is -2.14. The van der Waals surface area contributed by atoms with Crippen molar-refractivity contribution in [2.45, 2.75) is 39.7 Å². The van der Waals surface area contributed by atoms with Gasteiger partial charge in [-0.25, -0.2) is 13.2 Å². The van der Waals surface area contributed by atoms with Crippen LogP contribution in [0.1, 0.15) is 31.7 Å². The second-order valence-electron chi connectivity index (χ2n) is 7.48. The third-order valence-electron chi connectivity index (χ3n) is 4.99. The van der Waals surface area contributed by atoms with Crippen LogP contribution in [-0.2, 0) is 21.4 Å². The number of amides is 1. The second-order valence-corrected chi connectivity index (χ2v) is 9.32. The number of aromatic nitrogens is 1. The Labute approximate surface area is 189 Å². The van der Waals surface area contributed by atoms with Gasteiger partial charge in [0.25, 0.3) is 5.69 Å². The van der Waals surface area contributed by atoms with Crippen molar-refractivity contribution >= 4 is 44.1 Å². The first-order valence-corrected chi connectivity index (χ1v) is 11.9. The van der Waals surface area contributed by atoms with Gasteiger partial charge in [0.15, 0.2) is 5.58 Å². The van der Waals surface area contributed by atoms with Crippen molar-refractivity contribution < 1.29 is 22.6 Å². The van der Waals surface area contributed by atoms with E-state index in [-0.39, 0.29) is 35.9 Å². The molecule has 1 aromatic heterocycles. The summed E-state index contributed by atoms with van der Waals surface area (Å²) in [5.74, 6) is -0.963. The number of benzene rings is 2. The van der Waals surface area contributed by atoms with Crippen LogP contribution >= 0.6 is 0 Å². The van der Waals surface area contributed by atoms with E-state index >= 15 is 0 Å².